The summed E-state index contributed by atoms with van der Waals surface area (Å²) in [6.07, 6.45) is 2.23. The zero-order chi connectivity index (χ0) is 13.9. The van der Waals surface area contributed by atoms with Gasteiger partial charge < -0.3 is 10.0 Å². The van der Waals surface area contributed by atoms with Gasteiger partial charge in [0.15, 0.2) is 5.13 Å². The molecule has 0 radical (unpaired) electrons. The number of aliphatic carboxylic acids is 1. The van der Waals surface area contributed by atoms with Crippen molar-refractivity contribution in [3.63, 3.8) is 0 Å². The standard InChI is InChI=1S/C13H22N2O2S/c1-6-7-9(2)15(5)12-14-10(8-18-12)13(3,4)11(16)17/h8-9H,6-7H2,1-5H3,(H,16,17). The molecule has 4 nitrogen and oxygen atoms in total. The first-order valence-electron chi connectivity index (χ1n) is 6.23. The fourth-order valence-electron chi connectivity index (χ4n) is 1.62. The Balaban J connectivity index is 2.90. The van der Waals surface area contributed by atoms with Crippen molar-refractivity contribution in [3.05, 3.63) is 11.1 Å². The highest BCUT2D eigenvalue weighted by atomic mass is 32.1. The molecule has 0 aliphatic carbocycles. The van der Waals surface area contributed by atoms with Crippen LogP contribution in [0.5, 0.6) is 0 Å². The topological polar surface area (TPSA) is 53.4 Å². The minimum absolute atomic E-state index is 0.418. The molecule has 0 aliphatic rings. The Hall–Kier alpha value is -1.10. The van der Waals surface area contributed by atoms with Gasteiger partial charge in [-0.05, 0) is 27.2 Å². The number of aromatic nitrogens is 1. The fourth-order valence-corrected chi connectivity index (χ4v) is 2.68. The number of carboxylic acids is 1. The molecule has 1 heterocycles. The Morgan fingerprint density at radius 2 is 2.22 bits per heavy atom. The van der Waals surface area contributed by atoms with E-state index in [1.807, 2.05) is 12.4 Å². The smallest absolute Gasteiger partial charge is 0.315 e. The van der Waals surface area contributed by atoms with Crippen LogP contribution in [0, 0.1) is 0 Å². The lowest BCUT2D eigenvalue weighted by Crippen LogP contribution is -2.30. The summed E-state index contributed by atoms with van der Waals surface area (Å²) in [4.78, 5) is 17.8. The van der Waals surface area contributed by atoms with Crippen molar-refractivity contribution < 1.29 is 9.90 Å². The molecular weight excluding hydrogens is 248 g/mol. The van der Waals surface area contributed by atoms with Gasteiger partial charge in [-0.15, -0.1) is 11.3 Å². The van der Waals surface area contributed by atoms with Gasteiger partial charge in [-0.2, -0.15) is 0 Å². The molecule has 0 saturated carbocycles. The number of carboxylic acid groups (broad SMARTS) is 1. The van der Waals surface area contributed by atoms with Crippen LogP contribution in [0.4, 0.5) is 5.13 Å². The predicted molar refractivity (Wildman–Crippen MR) is 75.5 cm³/mol. The van der Waals surface area contributed by atoms with E-state index in [1.165, 1.54) is 11.3 Å². The summed E-state index contributed by atoms with van der Waals surface area (Å²) in [5.41, 5.74) is -0.297. The first-order chi connectivity index (χ1) is 8.30. The van der Waals surface area contributed by atoms with E-state index in [0.717, 1.165) is 18.0 Å². The van der Waals surface area contributed by atoms with Gasteiger partial charge in [0, 0.05) is 18.5 Å². The molecule has 0 fully saturated rings. The molecule has 0 aromatic carbocycles. The molecule has 1 aromatic rings. The normalized spacial score (nSPS) is 13.4. The van der Waals surface area contributed by atoms with Crippen LogP contribution in [0.25, 0.3) is 0 Å². The highest BCUT2D eigenvalue weighted by Gasteiger charge is 2.32. The van der Waals surface area contributed by atoms with Crippen LogP contribution in [0.15, 0.2) is 5.38 Å². The van der Waals surface area contributed by atoms with Crippen LogP contribution in [-0.4, -0.2) is 29.1 Å². The number of rotatable bonds is 6. The van der Waals surface area contributed by atoms with Gasteiger partial charge in [-0.3, -0.25) is 4.79 Å². The predicted octanol–water partition coefficient (Wildman–Crippen LogP) is 3.13. The van der Waals surface area contributed by atoms with Gasteiger partial charge in [0.1, 0.15) is 5.41 Å². The minimum Gasteiger partial charge on any atom is -0.481 e. The van der Waals surface area contributed by atoms with Crippen molar-refractivity contribution in [3.8, 4) is 0 Å². The van der Waals surface area contributed by atoms with Crippen LogP contribution in [0.3, 0.4) is 0 Å². The highest BCUT2D eigenvalue weighted by Crippen LogP contribution is 2.29. The summed E-state index contributed by atoms with van der Waals surface area (Å²) in [7, 11) is 2.01. The molecule has 1 N–H and O–H groups in total. The maximum atomic E-state index is 11.2. The van der Waals surface area contributed by atoms with E-state index in [9.17, 15) is 9.90 Å². The van der Waals surface area contributed by atoms with E-state index in [4.69, 9.17) is 0 Å². The Morgan fingerprint density at radius 3 is 2.72 bits per heavy atom. The van der Waals surface area contributed by atoms with Crippen molar-refractivity contribution in [1.82, 2.24) is 4.98 Å². The molecular formula is C13H22N2O2S. The van der Waals surface area contributed by atoms with E-state index < -0.39 is 11.4 Å². The Kier molecular flexibility index (Phi) is 4.73. The summed E-state index contributed by atoms with van der Waals surface area (Å²) in [6.45, 7) is 7.69. The zero-order valence-electron chi connectivity index (χ0n) is 11.7. The summed E-state index contributed by atoms with van der Waals surface area (Å²) >= 11 is 1.51. The molecule has 0 saturated heterocycles. The second-order valence-electron chi connectivity index (χ2n) is 5.19. The SMILES string of the molecule is CCCC(C)N(C)c1nc(C(C)(C)C(=O)O)cs1. The third-order valence-corrected chi connectivity index (χ3v) is 4.27. The molecule has 18 heavy (non-hydrogen) atoms. The molecule has 1 unspecified atom stereocenters. The van der Waals surface area contributed by atoms with Crippen LogP contribution >= 0.6 is 11.3 Å². The second kappa shape index (κ2) is 5.69. The van der Waals surface area contributed by atoms with E-state index in [-0.39, 0.29) is 0 Å². The summed E-state index contributed by atoms with van der Waals surface area (Å²) in [5.74, 6) is -0.844. The number of nitrogens with zero attached hydrogens (tertiary/aromatic N) is 2. The molecule has 5 heteroatoms. The molecule has 1 aromatic heterocycles. The molecule has 0 aliphatic heterocycles. The maximum absolute atomic E-state index is 11.2. The highest BCUT2D eigenvalue weighted by molar-refractivity contribution is 7.13. The molecule has 0 spiro atoms. The lowest BCUT2D eigenvalue weighted by Gasteiger charge is -2.24. The third kappa shape index (κ3) is 3.02. The summed E-state index contributed by atoms with van der Waals surface area (Å²) in [5, 5.41) is 11.9. The van der Waals surface area contributed by atoms with Crippen LogP contribution < -0.4 is 4.90 Å². The summed E-state index contributed by atoms with van der Waals surface area (Å²) in [6, 6.07) is 0.418. The van der Waals surface area contributed by atoms with Gasteiger partial charge in [-0.1, -0.05) is 13.3 Å². The molecule has 1 rings (SSSR count). The average Bonchev–Trinajstić information content (AvgIpc) is 2.77. The van der Waals surface area contributed by atoms with Crippen LogP contribution in [0.1, 0.15) is 46.2 Å². The minimum atomic E-state index is -0.927. The number of thiazole rings is 1. The molecule has 1 atom stereocenters. The fraction of sp³-hybridized carbons (Fsp3) is 0.692. The van der Waals surface area contributed by atoms with Gasteiger partial charge in [0.2, 0.25) is 0 Å². The Morgan fingerprint density at radius 1 is 1.61 bits per heavy atom. The Labute approximate surface area is 113 Å². The lowest BCUT2D eigenvalue weighted by atomic mass is 9.90. The number of carbonyl (C=O) groups is 1. The zero-order valence-corrected chi connectivity index (χ0v) is 12.5. The monoisotopic (exact) mass is 270 g/mol. The third-order valence-electron chi connectivity index (χ3n) is 3.34. The number of hydrogen-bond acceptors (Lipinski definition) is 4. The van der Waals surface area contributed by atoms with Crippen molar-refractivity contribution in [2.75, 3.05) is 11.9 Å². The van der Waals surface area contributed by atoms with Gasteiger partial charge in [0.05, 0.1) is 5.69 Å². The van der Waals surface area contributed by atoms with Crippen molar-refractivity contribution >= 4 is 22.4 Å². The van der Waals surface area contributed by atoms with E-state index >= 15 is 0 Å². The quantitative estimate of drug-likeness (QED) is 0.863. The van der Waals surface area contributed by atoms with Crippen LogP contribution in [-0.2, 0) is 10.2 Å². The van der Waals surface area contributed by atoms with Crippen LogP contribution in [0.2, 0.25) is 0 Å². The summed E-state index contributed by atoms with van der Waals surface area (Å²) < 4.78 is 0. The lowest BCUT2D eigenvalue weighted by molar-refractivity contribution is -0.142. The van der Waals surface area contributed by atoms with E-state index in [1.54, 1.807) is 13.8 Å². The van der Waals surface area contributed by atoms with E-state index in [0.29, 0.717) is 11.7 Å². The molecule has 0 bridgehead atoms. The first kappa shape index (κ1) is 15.0. The largest absolute Gasteiger partial charge is 0.481 e. The van der Waals surface area contributed by atoms with Crippen molar-refractivity contribution in [2.24, 2.45) is 0 Å². The molecule has 0 amide bonds. The maximum Gasteiger partial charge on any atom is 0.315 e. The van der Waals surface area contributed by atoms with Crippen molar-refractivity contribution in [1.29, 1.82) is 0 Å². The average molecular weight is 270 g/mol. The second-order valence-corrected chi connectivity index (χ2v) is 6.03. The first-order valence-corrected chi connectivity index (χ1v) is 7.10. The van der Waals surface area contributed by atoms with E-state index in [2.05, 4.69) is 23.7 Å². The van der Waals surface area contributed by atoms with Gasteiger partial charge >= 0.3 is 5.97 Å². The van der Waals surface area contributed by atoms with Gasteiger partial charge in [-0.25, -0.2) is 4.98 Å². The van der Waals surface area contributed by atoms with Crippen molar-refractivity contribution in [2.45, 2.75) is 52.0 Å². The number of hydrogen-bond donors (Lipinski definition) is 1. The Bertz CT molecular complexity index is 415. The van der Waals surface area contributed by atoms with Gasteiger partial charge in [0.25, 0.3) is 0 Å². The molecule has 102 valence electrons. The number of anilines is 1.